The predicted octanol–water partition coefficient (Wildman–Crippen LogP) is 3.28. The Morgan fingerprint density at radius 3 is 2.50 bits per heavy atom. The van der Waals surface area contributed by atoms with Crippen LogP contribution in [0.1, 0.15) is 12.0 Å². The van der Waals surface area contributed by atoms with Crippen molar-refractivity contribution in [2.45, 2.75) is 13.0 Å². The van der Waals surface area contributed by atoms with Crippen LogP contribution in [-0.4, -0.2) is 67.1 Å². The van der Waals surface area contributed by atoms with Gasteiger partial charge in [0.05, 0.1) is 0 Å². The number of aromatic nitrogens is 2. The molecule has 0 radical (unpaired) electrons. The van der Waals surface area contributed by atoms with Crippen LogP contribution < -0.4 is 15.5 Å². The molecule has 1 aliphatic rings. The maximum Gasteiger partial charge on any atom is 0.225 e. The lowest BCUT2D eigenvalue weighted by atomic mass is 10.2. The summed E-state index contributed by atoms with van der Waals surface area (Å²) >= 11 is 12.2. The van der Waals surface area contributed by atoms with Gasteiger partial charge in [-0.2, -0.15) is 0 Å². The van der Waals surface area contributed by atoms with E-state index >= 15 is 0 Å². The van der Waals surface area contributed by atoms with E-state index in [0.717, 1.165) is 63.2 Å². The molecule has 0 aliphatic carbocycles. The standard InChI is InChI=1S/C20H27Cl2N7.HI/c1-23-19(27-15-16-4-5-17(21)14-18(16)22)24-8-3-9-28-10-12-29(13-11-28)20-25-6-2-7-26-20;/h2,4-7,14H,3,8-13,15H2,1H3,(H2,23,24,27);1H. The van der Waals surface area contributed by atoms with Crippen molar-refractivity contribution in [3.63, 3.8) is 0 Å². The van der Waals surface area contributed by atoms with E-state index < -0.39 is 0 Å². The molecule has 2 aromatic rings. The van der Waals surface area contributed by atoms with Crippen LogP contribution in [0.25, 0.3) is 0 Å². The van der Waals surface area contributed by atoms with Crippen molar-refractivity contribution in [1.29, 1.82) is 0 Å². The molecule has 0 atom stereocenters. The van der Waals surface area contributed by atoms with E-state index in [1.54, 1.807) is 25.5 Å². The van der Waals surface area contributed by atoms with Gasteiger partial charge in [-0.25, -0.2) is 9.97 Å². The largest absolute Gasteiger partial charge is 0.356 e. The third kappa shape index (κ3) is 7.72. The van der Waals surface area contributed by atoms with Gasteiger partial charge in [0.1, 0.15) is 0 Å². The van der Waals surface area contributed by atoms with Crippen LogP contribution in [0.15, 0.2) is 41.7 Å². The van der Waals surface area contributed by atoms with E-state index in [1.807, 2.05) is 18.2 Å². The lowest BCUT2D eigenvalue weighted by Crippen LogP contribution is -2.47. The first-order valence-corrected chi connectivity index (χ1v) is 10.5. The SMILES string of the molecule is CN=C(NCCCN1CCN(c2ncccn2)CC1)NCc1ccc(Cl)cc1Cl.I. The fourth-order valence-corrected chi connectivity index (χ4v) is 3.68. The van der Waals surface area contributed by atoms with Crippen molar-refractivity contribution in [3.05, 3.63) is 52.3 Å². The third-order valence-corrected chi connectivity index (χ3v) is 5.42. The van der Waals surface area contributed by atoms with Gasteiger partial charge in [0.15, 0.2) is 5.96 Å². The minimum absolute atomic E-state index is 0. The first kappa shape index (κ1) is 24.9. The number of halogens is 3. The molecule has 3 rings (SSSR count). The number of guanidine groups is 1. The molecule has 1 fully saturated rings. The number of rotatable bonds is 7. The number of hydrogen-bond acceptors (Lipinski definition) is 5. The molecule has 0 spiro atoms. The molecule has 30 heavy (non-hydrogen) atoms. The Morgan fingerprint density at radius 2 is 1.83 bits per heavy atom. The normalized spacial score (nSPS) is 14.9. The van der Waals surface area contributed by atoms with Crippen LogP contribution in [0.3, 0.4) is 0 Å². The van der Waals surface area contributed by atoms with Gasteiger partial charge in [0, 0.05) is 68.8 Å². The Labute approximate surface area is 205 Å². The fraction of sp³-hybridized carbons (Fsp3) is 0.450. The number of nitrogens with one attached hydrogen (secondary N) is 2. The topological polar surface area (TPSA) is 68.7 Å². The molecule has 0 bridgehead atoms. The van der Waals surface area contributed by atoms with E-state index in [4.69, 9.17) is 23.2 Å². The van der Waals surface area contributed by atoms with Crippen LogP contribution >= 0.6 is 47.2 Å². The molecule has 0 saturated carbocycles. The zero-order valence-electron chi connectivity index (χ0n) is 17.0. The van der Waals surface area contributed by atoms with Crippen LogP contribution in [0, 0.1) is 0 Å². The monoisotopic (exact) mass is 563 g/mol. The van der Waals surface area contributed by atoms with Crippen molar-refractivity contribution < 1.29 is 0 Å². The summed E-state index contributed by atoms with van der Waals surface area (Å²) in [4.78, 5) is 17.6. The molecule has 2 heterocycles. The average Bonchev–Trinajstić information content (AvgIpc) is 2.75. The molecular formula is C20H28Cl2IN7. The lowest BCUT2D eigenvalue weighted by Gasteiger charge is -2.34. The summed E-state index contributed by atoms with van der Waals surface area (Å²) in [6.45, 7) is 6.48. The minimum Gasteiger partial charge on any atom is -0.356 e. The Hall–Kier alpha value is -1.36. The van der Waals surface area contributed by atoms with E-state index in [0.29, 0.717) is 16.6 Å². The molecule has 0 amide bonds. The summed E-state index contributed by atoms with van der Waals surface area (Å²) in [5.74, 6) is 1.59. The molecule has 1 aliphatic heterocycles. The summed E-state index contributed by atoms with van der Waals surface area (Å²) in [6, 6.07) is 7.36. The predicted molar refractivity (Wildman–Crippen MR) is 135 cm³/mol. The van der Waals surface area contributed by atoms with Gasteiger partial charge in [-0.15, -0.1) is 24.0 Å². The van der Waals surface area contributed by atoms with Gasteiger partial charge in [-0.3, -0.25) is 9.89 Å². The third-order valence-electron chi connectivity index (χ3n) is 4.84. The zero-order chi connectivity index (χ0) is 20.5. The Bertz CT molecular complexity index is 799. The van der Waals surface area contributed by atoms with Crippen molar-refractivity contribution in [2.24, 2.45) is 4.99 Å². The van der Waals surface area contributed by atoms with E-state index in [1.165, 1.54) is 0 Å². The molecule has 10 heteroatoms. The van der Waals surface area contributed by atoms with Gasteiger partial charge >= 0.3 is 0 Å². The number of aliphatic imine (C=N–C) groups is 1. The van der Waals surface area contributed by atoms with Crippen LogP contribution in [0.2, 0.25) is 10.0 Å². The highest BCUT2D eigenvalue weighted by Gasteiger charge is 2.18. The first-order valence-electron chi connectivity index (χ1n) is 9.78. The summed E-state index contributed by atoms with van der Waals surface area (Å²) in [7, 11) is 1.77. The number of benzene rings is 1. The van der Waals surface area contributed by atoms with E-state index in [2.05, 4.69) is 35.4 Å². The average molecular weight is 564 g/mol. The lowest BCUT2D eigenvalue weighted by molar-refractivity contribution is 0.254. The number of piperazine rings is 1. The smallest absolute Gasteiger partial charge is 0.225 e. The van der Waals surface area contributed by atoms with Crippen molar-refractivity contribution in [2.75, 3.05) is 51.2 Å². The summed E-state index contributed by atoms with van der Waals surface area (Å²) in [5.41, 5.74) is 0.985. The summed E-state index contributed by atoms with van der Waals surface area (Å²) in [6.07, 6.45) is 4.63. The highest BCUT2D eigenvalue weighted by Crippen LogP contribution is 2.20. The highest BCUT2D eigenvalue weighted by molar-refractivity contribution is 14.0. The summed E-state index contributed by atoms with van der Waals surface area (Å²) in [5, 5.41) is 7.93. The highest BCUT2D eigenvalue weighted by atomic mass is 127. The van der Waals surface area contributed by atoms with Gasteiger partial charge in [-0.1, -0.05) is 29.3 Å². The van der Waals surface area contributed by atoms with E-state index in [-0.39, 0.29) is 24.0 Å². The Morgan fingerprint density at radius 1 is 1.10 bits per heavy atom. The molecular weight excluding hydrogens is 536 g/mol. The van der Waals surface area contributed by atoms with Gasteiger partial charge in [0.25, 0.3) is 0 Å². The molecule has 2 N–H and O–H groups in total. The molecule has 164 valence electrons. The second-order valence-corrected chi connectivity index (χ2v) is 7.66. The zero-order valence-corrected chi connectivity index (χ0v) is 20.9. The van der Waals surface area contributed by atoms with Crippen LogP contribution in [0.4, 0.5) is 5.95 Å². The number of hydrogen-bond donors (Lipinski definition) is 2. The molecule has 1 saturated heterocycles. The van der Waals surface area contributed by atoms with Crippen molar-refractivity contribution in [3.8, 4) is 0 Å². The number of anilines is 1. The molecule has 0 unspecified atom stereocenters. The van der Waals surface area contributed by atoms with Crippen molar-refractivity contribution in [1.82, 2.24) is 25.5 Å². The quantitative estimate of drug-likeness (QED) is 0.233. The van der Waals surface area contributed by atoms with E-state index in [9.17, 15) is 0 Å². The fourth-order valence-electron chi connectivity index (χ4n) is 3.20. The molecule has 1 aromatic heterocycles. The molecule has 1 aromatic carbocycles. The Kier molecular flexibility index (Phi) is 10.9. The Balaban J connectivity index is 0.00000320. The van der Waals surface area contributed by atoms with Crippen LogP contribution in [0.5, 0.6) is 0 Å². The second kappa shape index (κ2) is 13.1. The van der Waals surface area contributed by atoms with Gasteiger partial charge in [-0.05, 0) is 36.7 Å². The minimum atomic E-state index is 0. The number of nitrogens with zero attached hydrogens (tertiary/aromatic N) is 5. The summed E-state index contributed by atoms with van der Waals surface area (Å²) < 4.78 is 0. The van der Waals surface area contributed by atoms with Crippen LogP contribution in [-0.2, 0) is 6.54 Å². The van der Waals surface area contributed by atoms with Crippen molar-refractivity contribution >= 4 is 59.1 Å². The first-order chi connectivity index (χ1) is 14.2. The maximum absolute atomic E-state index is 6.22. The maximum atomic E-state index is 6.22. The van der Waals surface area contributed by atoms with Gasteiger partial charge in [0.2, 0.25) is 5.95 Å². The van der Waals surface area contributed by atoms with Gasteiger partial charge < -0.3 is 15.5 Å². The molecule has 7 nitrogen and oxygen atoms in total. The second-order valence-electron chi connectivity index (χ2n) is 6.82.